The Morgan fingerprint density at radius 2 is 1.61 bits per heavy atom. The first kappa shape index (κ1) is 20.0. The van der Waals surface area contributed by atoms with Crippen LogP contribution in [-0.4, -0.2) is 19.5 Å². The molecule has 3 rings (SSSR count). The van der Waals surface area contributed by atoms with Crippen molar-refractivity contribution in [3.8, 4) is 11.5 Å². The Bertz CT molecular complexity index is 1130. The number of aromatic carboxylic acids is 1. The highest BCUT2D eigenvalue weighted by atomic mass is 35.5. The van der Waals surface area contributed by atoms with Crippen LogP contribution in [-0.2, 0) is 10.0 Å². The average molecular weight is 438 g/mol. The highest BCUT2D eigenvalue weighted by Crippen LogP contribution is 2.30. The molecule has 0 spiro atoms. The van der Waals surface area contributed by atoms with E-state index in [1.165, 1.54) is 36.4 Å². The minimum absolute atomic E-state index is 0.0107. The van der Waals surface area contributed by atoms with Gasteiger partial charge in [-0.3, -0.25) is 4.72 Å². The van der Waals surface area contributed by atoms with Crippen molar-refractivity contribution in [2.45, 2.75) is 4.90 Å². The minimum atomic E-state index is -3.93. The van der Waals surface area contributed by atoms with Crippen LogP contribution in [0.3, 0.4) is 0 Å². The van der Waals surface area contributed by atoms with Crippen LogP contribution in [0.15, 0.2) is 71.6 Å². The second-order valence-electron chi connectivity index (χ2n) is 5.61. The third-order valence-electron chi connectivity index (χ3n) is 3.65. The van der Waals surface area contributed by atoms with Gasteiger partial charge in [0.2, 0.25) is 0 Å². The third-order valence-corrected chi connectivity index (χ3v) is 5.69. The van der Waals surface area contributed by atoms with Crippen LogP contribution in [0.4, 0.5) is 5.69 Å². The summed E-state index contributed by atoms with van der Waals surface area (Å²) in [6, 6.07) is 16.4. The lowest BCUT2D eigenvalue weighted by Gasteiger charge is -2.11. The van der Waals surface area contributed by atoms with Crippen molar-refractivity contribution in [1.29, 1.82) is 0 Å². The lowest BCUT2D eigenvalue weighted by molar-refractivity contribution is 0.0697. The first-order valence-electron chi connectivity index (χ1n) is 7.84. The zero-order chi connectivity index (χ0) is 20.3. The van der Waals surface area contributed by atoms with E-state index in [9.17, 15) is 13.2 Å². The van der Waals surface area contributed by atoms with Crippen LogP contribution >= 0.6 is 23.2 Å². The van der Waals surface area contributed by atoms with E-state index in [-0.39, 0.29) is 21.2 Å². The summed E-state index contributed by atoms with van der Waals surface area (Å²) >= 11 is 11.8. The van der Waals surface area contributed by atoms with Crippen LogP contribution in [0.2, 0.25) is 10.0 Å². The summed E-state index contributed by atoms with van der Waals surface area (Å²) in [6.45, 7) is 0. The summed E-state index contributed by atoms with van der Waals surface area (Å²) in [4.78, 5) is 11.1. The third kappa shape index (κ3) is 4.56. The number of carbonyl (C=O) groups is 1. The summed E-state index contributed by atoms with van der Waals surface area (Å²) in [5, 5.41) is 9.53. The van der Waals surface area contributed by atoms with Gasteiger partial charge in [0.25, 0.3) is 10.0 Å². The van der Waals surface area contributed by atoms with Gasteiger partial charge in [-0.15, -0.1) is 0 Å². The summed E-state index contributed by atoms with van der Waals surface area (Å²) < 4.78 is 33.0. The molecule has 28 heavy (non-hydrogen) atoms. The number of carboxylic acids is 1. The molecular weight excluding hydrogens is 425 g/mol. The normalized spacial score (nSPS) is 11.1. The van der Waals surface area contributed by atoms with E-state index in [0.717, 1.165) is 6.07 Å². The van der Waals surface area contributed by atoms with Gasteiger partial charge in [0, 0.05) is 5.69 Å². The molecule has 0 atom stereocenters. The molecule has 0 radical (unpaired) electrons. The van der Waals surface area contributed by atoms with Crippen LogP contribution in [0, 0.1) is 0 Å². The lowest BCUT2D eigenvalue weighted by atomic mass is 10.2. The zero-order valence-electron chi connectivity index (χ0n) is 14.1. The number of anilines is 1. The molecule has 3 aromatic rings. The van der Waals surface area contributed by atoms with Crippen molar-refractivity contribution in [2.75, 3.05) is 4.72 Å². The molecule has 0 saturated carbocycles. The van der Waals surface area contributed by atoms with Crippen LogP contribution in [0.5, 0.6) is 11.5 Å². The number of hydrogen-bond donors (Lipinski definition) is 2. The molecule has 144 valence electrons. The Balaban J connectivity index is 1.80. The van der Waals surface area contributed by atoms with Gasteiger partial charge in [0.1, 0.15) is 11.5 Å². The summed E-state index contributed by atoms with van der Waals surface area (Å²) in [5.41, 5.74) is -0.122. The number of hydrogen-bond acceptors (Lipinski definition) is 4. The predicted molar refractivity (Wildman–Crippen MR) is 107 cm³/mol. The minimum Gasteiger partial charge on any atom is -0.478 e. The van der Waals surface area contributed by atoms with Crippen molar-refractivity contribution in [3.63, 3.8) is 0 Å². The fraction of sp³-hybridized carbons (Fsp3) is 0. The Kier molecular flexibility index (Phi) is 5.79. The molecule has 0 saturated heterocycles. The number of benzene rings is 3. The SMILES string of the molecule is O=C(O)c1cc(NS(=O)(=O)c2ccc(Oc3ccccc3Cl)cc2)ccc1Cl. The van der Waals surface area contributed by atoms with Gasteiger partial charge in [0.15, 0.2) is 0 Å². The second kappa shape index (κ2) is 8.10. The Hall–Kier alpha value is -2.74. The molecule has 0 amide bonds. The standard InChI is InChI=1S/C19H13Cl2NO5S/c20-16-10-5-12(11-15(16)19(23)24)22-28(25,26)14-8-6-13(7-9-14)27-18-4-2-1-3-17(18)21/h1-11,22H,(H,23,24). The van der Waals surface area contributed by atoms with E-state index >= 15 is 0 Å². The number of nitrogens with one attached hydrogen (secondary N) is 1. The molecule has 0 bridgehead atoms. The van der Waals surface area contributed by atoms with Gasteiger partial charge in [0.05, 0.1) is 20.5 Å². The van der Waals surface area contributed by atoms with E-state index in [1.807, 2.05) is 0 Å². The zero-order valence-corrected chi connectivity index (χ0v) is 16.4. The molecular formula is C19H13Cl2NO5S. The van der Waals surface area contributed by atoms with Gasteiger partial charge in [-0.05, 0) is 54.6 Å². The Morgan fingerprint density at radius 3 is 2.25 bits per heavy atom. The fourth-order valence-corrected chi connectivity index (χ4v) is 3.73. The van der Waals surface area contributed by atoms with E-state index in [1.54, 1.807) is 24.3 Å². The van der Waals surface area contributed by atoms with E-state index in [4.69, 9.17) is 33.0 Å². The quantitative estimate of drug-likeness (QED) is 0.546. The highest BCUT2D eigenvalue weighted by Gasteiger charge is 2.17. The maximum Gasteiger partial charge on any atom is 0.337 e. The molecule has 6 nitrogen and oxygen atoms in total. The van der Waals surface area contributed by atoms with Crippen molar-refractivity contribution in [2.24, 2.45) is 0 Å². The second-order valence-corrected chi connectivity index (χ2v) is 8.11. The van der Waals surface area contributed by atoms with Gasteiger partial charge in [-0.25, -0.2) is 13.2 Å². The Labute approximate surface area is 171 Å². The average Bonchev–Trinajstić information content (AvgIpc) is 2.65. The van der Waals surface area contributed by atoms with Crippen LogP contribution in [0.1, 0.15) is 10.4 Å². The molecule has 9 heteroatoms. The van der Waals surface area contributed by atoms with E-state index < -0.39 is 16.0 Å². The Morgan fingerprint density at radius 1 is 0.929 bits per heavy atom. The molecule has 0 aliphatic carbocycles. The molecule has 0 aliphatic heterocycles. The summed E-state index contributed by atoms with van der Waals surface area (Å²) in [5.74, 6) is -0.404. The van der Waals surface area contributed by atoms with Gasteiger partial charge in [-0.2, -0.15) is 0 Å². The summed E-state index contributed by atoms with van der Waals surface area (Å²) in [7, 11) is -3.93. The molecule has 2 N–H and O–H groups in total. The number of carboxylic acid groups (broad SMARTS) is 1. The van der Waals surface area contributed by atoms with Gasteiger partial charge < -0.3 is 9.84 Å². The van der Waals surface area contributed by atoms with Crippen LogP contribution < -0.4 is 9.46 Å². The van der Waals surface area contributed by atoms with Crippen molar-refractivity contribution >= 4 is 44.9 Å². The van der Waals surface area contributed by atoms with Gasteiger partial charge in [-0.1, -0.05) is 35.3 Å². The number of ether oxygens (including phenoxy) is 1. The fourth-order valence-electron chi connectivity index (χ4n) is 2.31. The predicted octanol–water partition coefficient (Wildman–Crippen LogP) is 5.28. The molecule has 0 aromatic heterocycles. The molecule has 0 aliphatic rings. The number of halogens is 2. The first-order valence-corrected chi connectivity index (χ1v) is 10.1. The molecule has 0 unspecified atom stereocenters. The highest BCUT2D eigenvalue weighted by molar-refractivity contribution is 7.92. The smallest absolute Gasteiger partial charge is 0.337 e. The van der Waals surface area contributed by atoms with Crippen molar-refractivity contribution in [1.82, 2.24) is 0 Å². The van der Waals surface area contributed by atoms with E-state index in [0.29, 0.717) is 16.5 Å². The van der Waals surface area contributed by atoms with Crippen LogP contribution in [0.25, 0.3) is 0 Å². The topological polar surface area (TPSA) is 92.7 Å². The monoisotopic (exact) mass is 437 g/mol. The molecule has 0 fully saturated rings. The van der Waals surface area contributed by atoms with E-state index in [2.05, 4.69) is 4.72 Å². The number of para-hydroxylation sites is 1. The summed E-state index contributed by atoms with van der Waals surface area (Å²) in [6.07, 6.45) is 0. The first-order chi connectivity index (χ1) is 13.3. The number of rotatable bonds is 6. The maximum absolute atomic E-state index is 12.5. The lowest BCUT2D eigenvalue weighted by Crippen LogP contribution is -2.13. The number of sulfonamides is 1. The maximum atomic E-state index is 12.5. The molecule has 0 heterocycles. The van der Waals surface area contributed by atoms with Crippen molar-refractivity contribution in [3.05, 3.63) is 82.3 Å². The van der Waals surface area contributed by atoms with Gasteiger partial charge >= 0.3 is 5.97 Å². The molecule has 3 aromatic carbocycles. The van der Waals surface area contributed by atoms with Crippen molar-refractivity contribution < 1.29 is 23.1 Å². The largest absolute Gasteiger partial charge is 0.478 e.